The summed E-state index contributed by atoms with van der Waals surface area (Å²) in [5.74, 6) is 0.836. The van der Waals surface area contributed by atoms with E-state index in [2.05, 4.69) is 16.7 Å². The van der Waals surface area contributed by atoms with Gasteiger partial charge >= 0.3 is 0 Å². The highest BCUT2D eigenvalue weighted by atomic mass is 16.5. The van der Waals surface area contributed by atoms with Gasteiger partial charge in [-0.25, -0.2) is 0 Å². The summed E-state index contributed by atoms with van der Waals surface area (Å²) >= 11 is 0. The fourth-order valence-corrected chi connectivity index (χ4v) is 2.48. The van der Waals surface area contributed by atoms with E-state index in [1.165, 1.54) is 0 Å². The summed E-state index contributed by atoms with van der Waals surface area (Å²) in [6, 6.07) is 3.91. The number of amides is 1. The second-order valence-corrected chi connectivity index (χ2v) is 4.40. The third kappa shape index (κ3) is 0.802. The second-order valence-electron chi connectivity index (χ2n) is 4.40. The zero-order valence-electron chi connectivity index (χ0n) is 8.09. The third-order valence-electron chi connectivity index (χ3n) is 3.47. The molecule has 0 aromatic heterocycles. The maximum atomic E-state index is 11.7. The first-order chi connectivity index (χ1) is 7.28. The molecule has 4 nitrogen and oxygen atoms in total. The summed E-state index contributed by atoms with van der Waals surface area (Å²) < 4.78 is 5.37. The number of rotatable bonds is 0. The van der Waals surface area contributed by atoms with E-state index < -0.39 is 0 Å². The molecule has 0 unspecified atom stereocenters. The first kappa shape index (κ1) is 7.56. The lowest BCUT2D eigenvalue weighted by Crippen LogP contribution is -2.25. The minimum absolute atomic E-state index is 0.0360. The lowest BCUT2D eigenvalue weighted by atomic mass is 10.0. The van der Waals surface area contributed by atoms with Crippen molar-refractivity contribution in [3.05, 3.63) is 23.3 Å². The maximum absolute atomic E-state index is 11.7. The molecule has 3 aliphatic rings. The summed E-state index contributed by atoms with van der Waals surface area (Å²) in [5, 5.41) is 6.20. The highest BCUT2D eigenvalue weighted by molar-refractivity contribution is 6.02. The van der Waals surface area contributed by atoms with Crippen LogP contribution in [0.25, 0.3) is 0 Å². The minimum Gasteiger partial charge on any atom is -0.471 e. The Morgan fingerprint density at radius 3 is 3.00 bits per heavy atom. The lowest BCUT2D eigenvalue weighted by molar-refractivity contribution is 0.0952. The number of ether oxygens (including phenoxy) is 1. The van der Waals surface area contributed by atoms with Crippen molar-refractivity contribution >= 4 is 11.6 Å². The molecule has 1 fully saturated rings. The zero-order chi connectivity index (χ0) is 10.0. The Morgan fingerprint density at radius 1 is 1.33 bits per heavy atom. The lowest BCUT2D eigenvalue weighted by Gasteiger charge is -2.08. The molecule has 1 aromatic rings. The molecule has 4 rings (SSSR count). The van der Waals surface area contributed by atoms with Crippen LogP contribution in [0.5, 0.6) is 5.75 Å². The van der Waals surface area contributed by atoms with Crippen LogP contribution in [-0.4, -0.2) is 12.6 Å². The molecule has 0 bridgehead atoms. The minimum atomic E-state index is -0.0360. The van der Waals surface area contributed by atoms with Crippen LogP contribution in [0.15, 0.2) is 12.1 Å². The Labute approximate surface area is 86.6 Å². The van der Waals surface area contributed by atoms with Crippen LogP contribution in [0.3, 0.4) is 0 Å². The second kappa shape index (κ2) is 2.10. The van der Waals surface area contributed by atoms with E-state index in [0.29, 0.717) is 6.73 Å². The summed E-state index contributed by atoms with van der Waals surface area (Å²) in [5.41, 5.74) is 2.90. The first-order valence-electron chi connectivity index (χ1n) is 5.16. The van der Waals surface area contributed by atoms with E-state index in [0.717, 1.165) is 35.4 Å². The summed E-state index contributed by atoms with van der Waals surface area (Å²) in [4.78, 5) is 11.7. The van der Waals surface area contributed by atoms with Gasteiger partial charge in [0.2, 0.25) is 0 Å². The Kier molecular flexibility index (Phi) is 1.06. The van der Waals surface area contributed by atoms with E-state index in [4.69, 9.17) is 4.74 Å². The number of nitrogens with one attached hydrogen (secondary N) is 2. The van der Waals surface area contributed by atoms with Crippen LogP contribution in [0.4, 0.5) is 5.69 Å². The number of anilines is 1. The molecule has 15 heavy (non-hydrogen) atoms. The topological polar surface area (TPSA) is 50.4 Å². The van der Waals surface area contributed by atoms with E-state index in [9.17, 15) is 4.79 Å². The summed E-state index contributed by atoms with van der Waals surface area (Å²) in [7, 11) is 0. The number of hydrogen-bond donors (Lipinski definition) is 2. The van der Waals surface area contributed by atoms with Crippen LogP contribution in [0, 0.1) is 0 Å². The fraction of sp³-hybridized carbons (Fsp3) is 0.364. The van der Waals surface area contributed by atoms with Crippen LogP contribution in [0.1, 0.15) is 28.8 Å². The van der Waals surface area contributed by atoms with Crippen molar-refractivity contribution in [3.8, 4) is 5.75 Å². The molecular formula is C11H10N2O2. The monoisotopic (exact) mass is 202 g/mol. The summed E-state index contributed by atoms with van der Waals surface area (Å²) in [6.45, 7) is 0.507. The molecule has 4 heteroatoms. The van der Waals surface area contributed by atoms with E-state index in [1.54, 1.807) is 0 Å². The van der Waals surface area contributed by atoms with Crippen molar-refractivity contribution in [2.75, 3.05) is 12.0 Å². The average molecular weight is 202 g/mol. The Balaban J connectivity index is 1.99. The molecule has 1 aliphatic carbocycles. The van der Waals surface area contributed by atoms with Gasteiger partial charge in [-0.05, 0) is 30.5 Å². The quantitative estimate of drug-likeness (QED) is 0.664. The predicted octanol–water partition coefficient (Wildman–Crippen LogP) is 1.18. The van der Waals surface area contributed by atoms with E-state index in [-0.39, 0.29) is 11.4 Å². The van der Waals surface area contributed by atoms with Gasteiger partial charge in [0.1, 0.15) is 5.75 Å². The SMILES string of the molecule is O=C1NC2(CC2)c2cc3c(cc21)OCN3. The molecular weight excluding hydrogens is 192 g/mol. The highest BCUT2D eigenvalue weighted by Gasteiger charge is 2.52. The van der Waals surface area contributed by atoms with Gasteiger partial charge in [-0.3, -0.25) is 4.79 Å². The molecule has 1 spiro atoms. The van der Waals surface area contributed by atoms with Crippen LogP contribution in [0.2, 0.25) is 0 Å². The van der Waals surface area contributed by atoms with Gasteiger partial charge in [0, 0.05) is 5.56 Å². The molecule has 76 valence electrons. The Morgan fingerprint density at radius 2 is 2.20 bits per heavy atom. The van der Waals surface area contributed by atoms with Crippen molar-refractivity contribution in [2.24, 2.45) is 0 Å². The van der Waals surface area contributed by atoms with Crippen molar-refractivity contribution in [3.63, 3.8) is 0 Å². The van der Waals surface area contributed by atoms with Crippen molar-refractivity contribution in [1.29, 1.82) is 0 Å². The number of fused-ring (bicyclic) bond motifs is 3. The van der Waals surface area contributed by atoms with Gasteiger partial charge in [-0.15, -0.1) is 0 Å². The molecule has 1 saturated carbocycles. The first-order valence-corrected chi connectivity index (χ1v) is 5.16. The molecule has 0 saturated heterocycles. The average Bonchev–Trinajstić information content (AvgIpc) is 2.77. The van der Waals surface area contributed by atoms with Gasteiger partial charge in [0.15, 0.2) is 6.73 Å². The highest BCUT2D eigenvalue weighted by Crippen LogP contribution is 2.52. The number of carbonyl (C=O) groups excluding carboxylic acids is 1. The van der Waals surface area contributed by atoms with Gasteiger partial charge < -0.3 is 15.4 Å². The van der Waals surface area contributed by atoms with Gasteiger partial charge in [-0.2, -0.15) is 0 Å². The largest absolute Gasteiger partial charge is 0.471 e. The van der Waals surface area contributed by atoms with Crippen molar-refractivity contribution in [1.82, 2.24) is 5.32 Å². The molecule has 2 aliphatic heterocycles. The van der Waals surface area contributed by atoms with Crippen molar-refractivity contribution < 1.29 is 9.53 Å². The van der Waals surface area contributed by atoms with Crippen LogP contribution in [-0.2, 0) is 5.54 Å². The maximum Gasteiger partial charge on any atom is 0.252 e. The molecule has 1 amide bonds. The van der Waals surface area contributed by atoms with Crippen LogP contribution < -0.4 is 15.4 Å². The summed E-state index contributed by atoms with van der Waals surface area (Å²) in [6.07, 6.45) is 2.12. The zero-order valence-corrected chi connectivity index (χ0v) is 8.09. The van der Waals surface area contributed by atoms with E-state index >= 15 is 0 Å². The number of hydrogen-bond acceptors (Lipinski definition) is 3. The number of benzene rings is 1. The molecule has 0 atom stereocenters. The molecule has 2 N–H and O–H groups in total. The van der Waals surface area contributed by atoms with Crippen molar-refractivity contribution in [2.45, 2.75) is 18.4 Å². The Bertz CT molecular complexity index is 492. The molecule has 2 heterocycles. The van der Waals surface area contributed by atoms with Gasteiger partial charge in [0.05, 0.1) is 11.2 Å². The van der Waals surface area contributed by atoms with Crippen LogP contribution >= 0.6 is 0 Å². The standard InChI is InChI=1S/C11H10N2O2/c14-10-6-3-9-8(12-5-15-9)4-7(6)11(13-10)1-2-11/h3-4,12H,1-2,5H2,(H,13,14). The fourth-order valence-electron chi connectivity index (χ4n) is 2.48. The smallest absolute Gasteiger partial charge is 0.252 e. The molecule has 1 aromatic carbocycles. The normalized spacial score (nSPS) is 22.8. The number of carbonyl (C=O) groups is 1. The molecule has 0 radical (unpaired) electrons. The van der Waals surface area contributed by atoms with Gasteiger partial charge in [-0.1, -0.05) is 0 Å². The predicted molar refractivity (Wildman–Crippen MR) is 53.9 cm³/mol. The van der Waals surface area contributed by atoms with E-state index in [1.807, 2.05) is 6.07 Å². The van der Waals surface area contributed by atoms with Gasteiger partial charge in [0.25, 0.3) is 5.91 Å². The Hall–Kier alpha value is -1.71. The third-order valence-corrected chi connectivity index (χ3v) is 3.47.